The molecule has 2 aromatic carbocycles. The number of hydrogen-bond acceptors (Lipinski definition) is 9. The van der Waals surface area contributed by atoms with Crippen LogP contribution in [0.5, 0.6) is 0 Å². The molecule has 1 amide bonds. The lowest BCUT2D eigenvalue weighted by atomic mass is 9.91. The normalized spacial score (nSPS) is 13.5. The zero-order chi connectivity index (χ0) is 30.1. The fourth-order valence-corrected chi connectivity index (χ4v) is 6.22. The Morgan fingerprint density at radius 1 is 0.927 bits per heavy atom. The number of hydrogen-bond donors (Lipinski definition) is 2. The van der Waals surface area contributed by atoms with Crippen LogP contribution in [-0.2, 0) is 23.9 Å². The van der Waals surface area contributed by atoms with Gasteiger partial charge in [-0.25, -0.2) is 19.6 Å². The molecule has 0 aliphatic heterocycles. The molecule has 3 rings (SSSR count). The molecule has 0 aliphatic rings. The van der Waals surface area contributed by atoms with Crippen molar-refractivity contribution >= 4 is 57.6 Å². The van der Waals surface area contributed by atoms with Crippen LogP contribution in [0.1, 0.15) is 67.6 Å². The fraction of sp³-hybridized carbons (Fsp3) is 0.467. The number of rotatable bonds is 14. The van der Waals surface area contributed by atoms with Crippen molar-refractivity contribution in [3.63, 3.8) is 0 Å². The number of methoxy groups -OCH3 is 2. The topological polar surface area (TPSA) is 145 Å². The Labute approximate surface area is 243 Å². The van der Waals surface area contributed by atoms with Gasteiger partial charge in [-0.3, -0.25) is 9.59 Å². The second-order valence-corrected chi connectivity index (χ2v) is 11.4. The molecule has 1 aromatic heterocycles. The number of carboxylic acid groups (broad SMARTS) is 1. The molecule has 0 unspecified atom stereocenters. The van der Waals surface area contributed by atoms with Gasteiger partial charge >= 0.3 is 17.9 Å². The molecule has 0 saturated heterocycles. The van der Waals surface area contributed by atoms with E-state index in [0.29, 0.717) is 40.0 Å². The average Bonchev–Trinajstić information content (AvgIpc) is 2.94. The number of nitrogens with zero attached hydrogens (tertiary/aromatic N) is 2. The highest BCUT2D eigenvalue weighted by Gasteiger charge is 2.34. The minimum absolute atomic E-state index is 0.0168. The summed E-state index contributed by atoms with van der Waals surface area (Å²) >= 11 is 1.26. The Hall–Kier alpha value is -3.73. The van der Waals surface area contributed by atoms with Crippen LogP contribution in [0.2, 0.25) is 0 Å². The lowest BCUT2D eigenvalue weighted by Crippen LogP contribution is -2.41. The molecule has 0 fully saturated rings. The second kappa shape index (κ2) is 14.8. The van der Waals surface area contributed by atoms with Gasteiger partial charge < -0.3 is 19.9 Å². The molecule has 0 bridgehead atoms. The summed E-state index contributed by atoms with van der Waals surface area (Å²) in [4.78, 5) is 58.7. The van der Waals surface area contributed by atoms with Crippen LogP contribution in [0.25, 0.3) is 22.1 Å². The van der Waals surface area contributed by atoms with E-state index in [1.807, 2.05) is 6.07 Å². The molecule has 220 valence electrons. The molecule has 10 nitrogen and oxygen atoms in total. The zero-order valence-electron chi connectivity index (χ0n) is 24.0. The average molecular weight is 584 g/mol. The number of ether oxygens (including phenoxy) is 2. The molecular formula is C30H37N3O7S. The smallest absolute Gasteiger partial charge is 0.340 e. The van der Waals surface area contributed by atoms with Crippen LogP contribution in [-0.4, -0.2) is 64.9 Å². The Balaban J connectivity index is 2.14. The van der Waals surface area contributed by atoms with Gasteiger partial charge in [0.15, 0.2) is 0 Å². The van der Waals surface area contributed by atoms with E-state index >= 15 is 0 Å². The third-order valence-corrected chi connectivity index (χ3v) is 8.24. The first-order valence-electron chi connectivity index (χ1n) is 13.5. The van der Waals surface area contributed by atoms with E-state index in [9.17, 15) is 24.3 Å². The third kappa shape index (κ3) is 8.16. The lowest BCUT2D eigenvalue weighted by molar-refractivity contribution is -0.145. The highest BCUT2D eigenvalue weighted by molar-refractivity contribution is 7.99. The number of aromatic nitrogens is 2. The SMILES string of the molecule is COC(=O)c1cccc2nc3c([C@@H](SC[C@H](NC(C)=O)C(=O)O)[C@@H](CCCCC(C)C)C(=O)OC)cccc3nc12. The van der Waals surface area contributed by atoms with Crippen molar-refractivity contribution in [2.75, 3.05) is 20.0 Å². The van der Waals surface area contributed by atoms with Crippen molar-refractivity contribution in [1.82, 2.24) is 15.3 Å². The molecule has 0 saturated carbocycles. The van der Waals surface area contributed by atoms with Gasteiger partial charge in [-0.05, 0) is 36.1 Å². The van der Waals surface area contributed by atoms with E-state index in [1.165, 1.54) is 32.9 Å². The summed E-state index contributed by atoms with van der Waals surface area (Å²) in [5, 5.41) is 11.7. The summed E-state index contributed by atoms with van der Waals surface area (Å²) in [6.07, 6.45) is 3.26. The molecule has 11 heteroatoms. The van der Waals surface area contributed by atoms with E-state index in [2.05, 4.69) is 19.2 Å². The number of fused-ring (bicyclic) bond motifs is 2. The Kier molecular flexibility index (Phi) is 11.5. The van der Waals surface area contributed by atoms with E-state index in [1.54, 1.807) is 30.3 Å². The quantitative estimate of drug-likeness (QED) is 0.152. The summed E-state index contributed by atoms with van der Waals surface area (Å²) in [6, 6.07) is 9.33. The molecule has 2 N–H and O–H groups in total. The fourth-order valence-electron chi connectivity index (χ4n) is 4.75. The molecule has 0 aliphatic carbocycles. The largest absolute Gasteiger partial charge is 0.480 e. The van der Waals surface area contributed by atoms with Gasteiger partial charge in [0.1, 0.15) is 11.6 Å². The molecule has 3 atom stereocenters. The van der Waals surface area contributed by atoms with E-state index in [4.69, 9.17) is 19.4 Å². The van der Waals surface area contributed by atoms with Crippen molar-refractivity contribution in [3.05, 3.63) is 47.5 Å². The van der Waals surface area contributed by atoms with E-state index in [-0.39, 0.29) is 11.3 Å². The number of para-hydroxylation sites is 2. The Morgan fingerprint density at radius 2 is 1.56 bits per heavy atom. The highest BCUT2D eigenvalue weighted by Crippen LogP contribution is 2.42. The number of benzene rings is 2. The zero-order valence-corrected chi connectivity index (χ0v) is 24.8. The summed E-state index contributed by atoms with van der Waals surface area (Å²) in [5.74, 6) is -2.62. The molecule has 0 spiro atoms. The highest BCUT2D eigenvalue weighted by atomic mass is 32.2. The van der Waals surface area contributed by atoms with Crippen LogP contribution in [0.3, 0.4) is 0 Å². The number of unbranched alkanes of at least 4 members (excludes halogenated alkanes) is 1. The summed E-state index contributed by atoms with van der Waals surface area (Å²) < 4.78 is 10.1. The minimum Gasteiger partial charge on any atom is -0.480 e. The predicted molar refractivity (Wildman–Crippen MR) is 158 cm³/mol. The first kappa shape index (κ1) is 31.8. The van der Waals surface area contributed by atoms with Crippen LogP contribution >= 0.6 is 11.8 Å². The van der Waals surface area contributed by atoms with Crippen LogP contribution < -0.4 is 5.32 Å². The third-order valence-electron chi connectivity index (χ3n) is 6.77. The lowest BCUT2D eigenvalue weighted by Gasteiger charge is -2.27. The van der Waals surface area contributed by atoms with Crippen LogP contribution in [0.4, 0.5) is 0 Å². The number of carbonyl (C=O) groups excluding carboxylic acids is 3. The van der Waals surface area contributed by atoms with Gasteiger partial charge in [0, 0.05) is 17.9 Å². The first-order chi connectivity index (χ1) is 19.6. The van der Waals surface area contributed by atoms with E-state index < -0.39 is 41.0 Å². The molecular weight excluding hydrogens is 546 g/mol. The van der Waals surface area contributed by atoms with Crippen molar-refractivity contribution in [2.45, 2.75) is 57.7 Å². The number of aliphatic carboxylic acids is 1. The van der Waals surface area contributed by atoms with Crippen LogP contribution in [0, 0.1) is 11.8 Å². The molecule has 3 aromatic rings. The standard InChI is InChI=1S/C30H37N3O7S/c1-17(2)10-6-7-11-21(30(38)40-5)27(41-16-24(28(35)36)31-18(3)34)19-12-8-14-22-25(19)32-23-15-9-13-20(26(23)33-22)29(37)39-4/h8-9,12-15,17,21,24,27H,6-7,10-11,16H2,1-5H3,(H,31,34)(H,35,36)/t21-,24+,27-/m1/s1. The van der Waals surface area contributed by atoms with Gasteiger partial charge in [-0.15, -0.1) is 0 Å². The van der Waals surface area contributed by atoms with Gasteiger partial charge in [0.2, 0.25) is 5.91 Å². The maximum atomic E-state index is 13.2. The predicted octanol–water partition coefficient (Wildman–Crippen LogP) is 4.94. The Bertz CT molecular complexity index is 1410. The number of esters is 2. The second-order valence-electron chi connectivity index (χ2n) is 10.3. The van der Waals surface area contributed by atoms with Gasteiger partial charge in [-0.2, -0.15) is 11.8 Å². The summed E-state index contributed by atoms with van der Waals surface area (Å²) in [5.41, 5.74) is 2.89. The minimum atomic E-state index is -1.17. The first-order valence-corrected chi connectivity index (χ1v) is 14.6. The van der Waals surface area contributed by atoms with Crippen molar-refractivity contribution < 1.29 is 33.8 Å². The summed E-state index contributed by atoms with van der Waals surface area (Å²) in [7, 11) is 2.64. The maximum Gasteiger partial charge on any atom is 0.340 e. The number of carbonyl (C=O) groups is 4. The maximum absolute atomic E-state index is 13.2. The van der Waals surface area contributed by atoms with E-state index in [0.717, 1.165) is 19.3 Å². The van der Waals surface area contributed by atoms with Crippen molar-refractivity contribution in [3.8, 4) is 0 Å². The number of carboxylic acids is 1. The van der Waals surface area contributed by atoms with Crippen molar-refractivity contribution in [1.29, 1.82) is 0 Å². The monoisotopic (exact) mass is 583 g/mol. The van der Waals surface area contributed by atoms with Gasteiger partial charge in [0.05, 0.1) is 42.3 Å². The number of thioether (sulfide) groups is 1. The Morgan fingerprint density at radius 3 is 2.17 bits per heavy atom. The molecule has 41 heavy (non-hydrogen) atoms. The van der Waals surface area contributed by atoms with Gasteiger partial charge in [0.25, 0.3) is 0 Å². The summed E-state index contributed by atoms with van der Waals surface area (Å²) in [6.45, 7) is 5.56. The van der Waals surface area contributed by atoms with Crippen molar-refractivity contribution in [2.24, 2.45) is 11.8 Å². The molecule has 0 radical (unpaired) electrons. The van der Waals surface area contributed by atoms with Gasteiger partial charge in [-0.1, -0.05) is 51.3 Å². The number of amides is 1. The molecule has 1 heterocycles. The number of nitrogens with one attached hydrogen (secondary N) is 1. The van der Waals surface area contributed by atoms with Crippen LogP contribution in [0.15, 0.2) is 36.4 Å².